The third kappa shape index (κ3) is 3.92. The Labute approximate surface area is 227 Å². The average Bonchev–Trinajstić information content (AvgIpc) is 3.19. The van der Waals surface area contributed by atoms with E-state index < -0.39 is 23.8 Å². The van der Waals surface area contributed by atoms with Crippen LogP contribution in [0.1, 0.15) is 100 Å². The van der Waals surface area contributed by atoms with Crippen molar-refractivity contribution in [1.82, 2.24) is 0 Å². The van der Waals surface area contributed by atoms with Crippen LogP contribution < -0.4 is 0 Å². The lowest BCUT2D eigenvalue weighted by Gasteiger charge is -2.71. The largest absolute Gasteiger partial charge is 0.462 e. The molecule has 0 unspecified atom stereocenters. The van der Waals surface area contributed by atoms with E-state index in [9.17, 15) is 14.4 Å². The lowest BCUT2D eigenvalue weighted by Crippen LogP contribution is -2.69. The number of carbonyl (C=O) groups excluding carboxylic acids is 3. The van der Waals surface area contributed by atoms with E-state index in [0.717, 1.165) is 24.8 Å². The molecule has 0 aromatic carbocycles. The number of rotatable bonds is 3. The van der Waals surface area contributed by atoms with E-state index in [1.165, 1.54) is 40.0 Å². The lowest BCUT2D eigenvalue weighted by atomic mass is 9.34. The summed E-state index contributed by atoms with van der Waals surface area (Å²) < 4.78 is 23.8. The van der Waals surface area contributed by atoms with Gasteiger partial charge >= 0.3 is 17.9 Å². The summed E-state index contributed by atoms with van der Waals surface area (Å²) in [7, 11) is 0. The van der Waals surface area contributed by atoms with E-state index in [4.69, 9.17) is 18.9 Å². The van der Waals surface area contributed by atoms with E-state index in [-0.39, 0.29) is 46.1 Å². The van der Waals surface area contributed by atoms with Gasteiger partial charge in [-0.25, -0.2) is 0 Å². The van der Waals surface area contributed by atoms with Crippen LogP contribution in [0.4, 0.5) is 0 Å². The molecular weight excluding hydrogens is 484 g/mol. The summed E-state index contributed by atoms with van der Waals surface area (Å²) in [6.45, 7) is 16.3. The molecule has 0 bridgehead atoms. The summed E-state index contributed by atoms with van der Waals surface area (Å²) >= 11 is 0. The van der Waals surface area contributed by atoms with Gasteiger partial charge in [0.2, 0.25) is 0 Å². The Morgan fingerprint density at radius 3 is 2.05 bits per heavy atom. The first-order chi connectivity index (χ1) is 17.6. The normalized spacial score (nSPS) is 46.6. The minimum absolute atomic E-state index is 0.0582. The third-order valence-electron chi connectivity index (χ3n) is 11.9. The lowest BCUT2D eigenvalue weighted by molar-refractivity contribution is -0.266. The van der Waals surface area contributed by atoms with Gasteiger partial charge in [0, 0.05) is 31.8 Å². The topological polar surface area (TPSA) is 88.1 Å². The van der Waals surface area contributed by atoms with Crippen LogP contribution in [0.2, 0.25) is 0 Å². The quantitative estimate of drug-likeness (QED) is 0.329. The van der Waals surface area contributed by atoms with Crippen molar-refractivity contribution >= 4 is 17.9 Å². The maximum atomic E-state index is 12.6. The fourth-order valence-corrected chi connectivity index (χ4v) is 10.7. The fourth-order valence-electron chi connectivity index (χ4n) is 10.7. The van der Waals surface area contributed by atoms with E-state index >= 15 is 0 Å². The predicted molar refractivity (Wildman–Crippen MR) is 140 cm³/mol. The molecular formula is C31H46O7. The SMILES string of the molecule is CC(=O)O[C@H]1OC=C2[C@@H](OC(C)=O)C[C@@H]3[C@]4(C)CC[C@H]5C(C)(C)CCC[C@]5(C)[C@H]4C[C@H](OC(C)=O)[C@]3(C)[C@@H]21. The number of carbonyl (C=O) groups is 3. The molecule has 0 aromatic rings. The van der Waals surface area contributed by atoms with Crippen LogP contribution in [0.15, 0.2) is 11.8 Å². The van der Waals surface area contributed by atoms with Gasteiger partial charge in [0.05, 0.1) is 12.2 Å². The molecule has 38 heavy (non-hydrogen) atoms. The Kier molecular flexibility index (Phi) is 6.51. The van der Waals surface area contributed by atoms with Crippen molar-refractivity contribution in [2.75, 3.05) is 0 Å². The van der Waals surface area contributed by atoms with Crippen LogP contribution >= 0.6 is 0 Å². The first kappa shape index (κ1) is 27.5. The molecule has 0 saturated heterocycles. The first-order valence-electron chi connectivity index (χ1n) is 14.5. The van der Waals surface area contributed by atoms with Crippen molar-refractivity contribution in [2.24, 2.45) is 45.3 Å². The zero-order chi connectivity index (χ0) is 27.8. The predicted octanol–water partition coefficient (Wildman–Crippen LogP) is 5.95. The van der Waals surface area contributed by atoms with Crippen molar-refractivity contribution in [2.45, 2.75) is 119 Å². The summed E-state index contributed by atoms with van der Waals surface area (Å²) in [6.07, 6.45) is 7.25. The molecule has 212 valence electrons. The molecule has 4 aliphatic carbocycles. The van der Waals surface area contributed by atoms with Crippen LogP contribution in [0.5, 0.6) is 0 Å². The molecule has 0 N–H and O–H groups in total. The van der Waals surface area contributed by atoms with Gasteiger partial charge in [0.15, 0.2) is 0 Å². The molecule has 0 amide bonds. The van der Waals surface area contributed by atoms with Crippen LogP contribution in [-0.4, -0.2) is 36.4 Å². The van der Waals surface area contributed by atoms with Crippen molar-refractivity contribution in [3.8, 4) is 0 Å². The standard InChI is InChI=1S/C31H46O7/c1-17(32)36-21-14-24-30(7)13-10-22-28(4,5)11-9-12-29(22,6)23(30)15-25(37-18(2)33)31(24,8)26-20(21)16-35-27(26)38-19(3)34/h16,21-27H,9-15H2,1-8H3/t21-,22-,23+,24+,25-,26-,27+,29-,30+,31+/m0/s1. The van der Waals surface area contributed by atoms with Gasteiger partial charge in [-0.15, -0.1) is 0 Å². The fraction of sp³-hybridized carbons (Fsp3) is 0.839. The van der Waals surface area contributed by atoms with Crippen molar-refractivity contribution in [1.29, 1.82) is 0 Å². The summed E-state index contributed by atoms with van der Waals surface area (Å²) in [5.74, 6) is -0.397. The summed E-state index contributed by atoms with van der Waals surface area (Å²) in [5, 5.41) is 0. The first-order valence-corrected chi connectivity index (χ1v) is 14.5. The van der Waals surface area contributed by atoms with Crippen LogP contribution in [-0.2, 0) is 33.3 Å². The van der Waals surface area contributed by atoms with Gasteiger partial charge in [0.25, 0.3) is 6.29 Å². The van der Waals surface area contributed by atoms with Crippen molar-refractivity contribution in [3.05, 3.63) is 11.8 Å². The molecule has 10 atom stereocenters. The van der Waals surface area contributed by atoms with Gasteiger partial charge in [-0.3, -0.25) is 14.4 Å². The van der Waals surface area contributed by atoms with Gasteiger partial charge in [-0.05, 0) is 72.5 Å². The van der Waals surface area contributed by atoms with Crippen LogP contribution in [0.25, 0.3) is 0 Å². The molecule has 1 heterocycles. The zero-order valence-electron chi connectivity index (χ0n) is 24.4. The smallest absolute Gasteiger partial charge is 0.305 e. The highest BCUT2D eigenvalue weighted by Crippen LogP contribution is 2.74. The molecule has 0 spiro atoms. The second-order valence-corrected chi connectivity index (χ2v) is 14.3. The third-order valence-corrected chi connectivity index (χ3v) is 11.9. The van der Waals surface area contributed by atoms with Gasteiger partial charge < -0.3 is 18.9 Å². The number of esters is 3. The molecule has 4 saturated carbocycles. The molecule has 5 aliphatic rings. The average molecular weight is 531 g/mol. The summed E-state index contributed by atoms with van der Waals surface area (Å²) in [5.41, 5.74) is 0.612. The van der Waals surface area contributed by atoms with E-state index in [1.54, 1.807) is 6.26 Å². The Morgan fingerprint density at radius 1 is 0.789 bits per heavy atom. The summed E-state index contributed by atoms with van der Waals surface area (Å²) in [4.78, 5) is 36.9. The maximum Gasteiger partial charge on any atom is 0.305 e. The van der Waals surface area contributed by atoms with Crippen molar-refractivity contribution in [3.63, 3.8) is 0 Å². The summed E-state index contributed by atoms with van der Waals surface area (Å²) in [6, 6.07) is 0. The monoisotopic (exact) mass is 530 g/mol. The molecule has 7 heteroatoms. The van der Waals surface area contributed by atoms with E-state index in [0.29, 0.717) is 18.3 Å². The molecule has 5 rings (SSSR count). The Hall–Kier alpha value is -2.05. The van der Waals surface area contributed by atoms with Gasteiger partial charge in [-0.1, -0.05) is 41.0 Å². The zero-order valence-corrected chi connectivity index (χ0v) is 24.4. The minimum atomic E-state index is -0.841. The molecule has 1 aliphatic heterocycles. The highest BCUT2D eigenvalue weighted by Gasteiger charge is 2.72. The van der Waals surface area contributed by atoms with Crippen molar-refractivity contribution < 1.29 is 33.3 Å². The number of ether oxygens (including phenoxy) is 4. The molecule has 0 aromatic heterocycles. The highest BCUT2D eigenvalue weighted by atomic mass is 16.7. The Bertz CT molecular complexity index is 1050. The molecule has 4 fully saturated rings. The maximum absolute atomic E-state index is 12.6. The van der Waals surface area contributed by atoms with Gasteiger partial charge in [0.1, 0.15) is 12.2 Å². The van der Waals surface area contributed by atoms with Gasteiger partial charge in [-0.2, -0.15) is 0 Å². The second kappa shape index (κ2) is 8.99. The second-order valence-electron chi connectivity index (χ2n) is 14.3. The number of hydrogen-bond donors (Lipinski definition) is 0. The number of hydrogen-bond acceptors (Lipinski definition) is 7. The highest BCUT2D eigenvalue weighted by molar-refractivity contribution is 5.67. The minimum Gasteiger partial charge on any atom is -0.462 e. The molecule has 7 nitrogen and oxygen atoms in total. The Balaban J connectivity index is 1.65. The molecule has 0 radical (unpaired) electrons. The Morgan fingerprint density at radius 2 is 1.42 bits per heavy atom. The van der Waals surface area contributed by atoms with Crippen LogP contribution in [0, 0.1) is 45.3 Å². The van der Waals surface area contributed by atoms with E-state index in [2.05, 4.69) is 34.6 Å². The number of fused-ring (bicyclic) bond motifs is 7. The van der Waals surface area contributed by atoms with E-state index in [1.807, 2.05) is 0 Å². The van der Waals surface area contributed by atoms with Crippen LogP contribution in [0.3, 0.4) is 0 Å².